The van der Waals surface area contributed by atoms with Crippen LogP contribution in [0.25, 0.3) is 0 Å². The van der Waals surface area contributed by atoms with Gasteiger partial charge in [0.15, 0.2) is 0 Å². The molecule has 0 heterocycles. The van der Waals surface area contributed by atoms with E-state index in [1.165, 1.54) is 0 Å². The molecule has 0 aromatic heterocycles. The van der Waals surface area contributed by atoms with Gasteiger partial charge in [-0.3, -0.25) is 4.79 Å². The molecule has 1 atom stereocenters. The molecule has 6 heteroatoms. The number of thiol groups is 1. The van der Waals surface area contributed by atoms with Crippen LogP contribution < -0.4 is 10.6 Å². The van der Waals surface area contributed by atoms with Crippen molar-refractivity contribution >= 4 is 47.4 Å². The Balaban J connectivity index is 2.90. The summed E-state index contributed by atoms with van der Waals surface area (Å²) in [5.41, 5.74) is 1.34. The normalized spacial score (nSPS) is 12.3. The summed E-state index contributed by atoms with van der Waals surface area (Å²) >= 11 is 16.2. The fourth-order valence-corrected chi connectivity index (χ4v) is 2.36. The lowest BCUT2D eigenvalue weighted by atomic mass is 10.2. The summed E-state index contributed by atoms with van der Waals surface area (Å²) in [5.74, 6) is 0.317. The van der Waals surface area contributed by atoms with E-state index in [1.807, 2.05) is 0 Å². The van der Waals surface area contributed by atoms with Crippen LogP contribution in [0.3, 0.4) is 0 Å². The molecule has 1 amide bonds. The number of halogens is 2. The summed E-state index contributed by atoms with van der Waals surface area (Å²) in [6, 6.07) is 3.05. The largest absolute Gasteiger partial charge is 0.325 e. The SMILES string of the molecule is CNC(C)C(=O)Nc1cc(Cl)c(CS)c(Cl)c1. The number of benzene rings is 1. The van der Waals surface area contributed by atoms with Gasteiger partial charge in [0.05, 0.1) is 6.04 Å². The van der Waals surface area contributed by atoms with Crippen molar-refractivity contribution in [1.82, 2.24) is 5.32 Å². The number of anilines is 1. The Morgan fingerprint density at radius 2 is 1.94 bits per heavy atom. The van der Waals surface area contributed by atoms with E-state index in [2.05, 4.69) is 23.3 Å². The van der Waals surface area contributed by atoms with Crippen molar-refractivity contribution in [1.29, 1.82) is 0 Å². The lowest BCUT2D eigenvalue weighted by Crippen LogP contribution is -2.35. The van der Waals surface area contributed by atoms with Crippen LogP contribution in [0.5, 0.6) is 0 Å². The molecule has 0 radical (unpaired) electrons. The summed E-state index contributed by atoms with van der Waals surface area (Å²) in [6.07, 6.45) is 0. The minimum Gasteiger partial charge on any atom is -0.325 e. The van der Waals surface area contributed by atoms with Crippen molar-refractivity contribution in [2.75, 3.05) is 12.4 Å². The van der Waals surface area contributed by atoms with Gasteiger partial charge >= 0.3 is 0 Å². The molecule has 0 aliphatic carbocycles. The van der Waals surface area contributed by atoms with E-state index < -0.39 is 0 Å². The van der Waals surface area contributed by atoms with E-state index in [1.54, 1.807) is 26.1 Å². The van der Waals surface area contributed by atoms with Crippen LogP contribution in [0.15, 0.2) is 12.1 Å². The number of carbonyl (C=O) groups excluding carboxylic acids is 1. The number of likely N-dealkylation sites (N-methyl/N-ethyl adjacent to an activating group) is 1. The zero-order valence-electron chi connectivity index (χ0n) is 9.55. The van der Waals surface area contributed by atoms with Crippen LogP contribution in [0.4, 0.5) is 5.69 Å². The maximum Gasteiger partial charge on any atom is 0.241 e. The van der Waals surface area contributed by atoms with Gasteiger partial charge in [0.1, 0.15) is 0 Å². The molecule has 94 valence electrons. The third-order valence-corrected chi connectivity index (χ3v) is 3.38. The zero-order chi connectivity index (χ0) is 13.0. The molecule has 0 saturated carbocycles. The van der Waals surface area contributed by atoms with E-state index in [9.17, 15) is 4.79 Å². The Labute approximate surface area is 116 Å². The van der Waals surface area contributed by atoms with E-state index in [4.69, 9.17) is 23.2 Å². The average Bonchev–Trinajstić information content (AvgIpc) is 2.27. The van der Waals surface area contributed by atoms with Crippen molar-refractivity contribution in [2.45, 2.75) is 18.7 Å². The van der Waals surface area contributed by atoms with Gasteiger partial charge in [-0.05, 0) is 31.7 Å². The van der Waals surface area contributed by atoms with E-state index >= 15 is 0 Å². The number of hydrogen-bond donors (Lipinski definition) is 3. The lowest BCUT2D eigenvalue weighted by Gasteiger charge is -2.13. The molecule has 0 spiro atoms. The molecule has 1 aromatic rings. The molecule has 0 saturated heterocycles. The fraction of sp³-hybridized carbons (Fsp3) is 0.364. The van der Waals surface area contributed by atoms with Crippen molar-refractivity contribution in [3.05, 3.63) is 27.7 Å². The Morgan fingerprint density at radius 1 is 1.41 bits per heavy atom. The molecular formula is C11H14Cl2N2OS. The summed E-state index contributed by atoms with van der Waals surface area (Å²) in [6.45, 7) is 1.76. The Morgan fingerprint density at radius 3 is 2.35 bits per heavy atom. The molecule has 0 bridgehead atoms. The summed E-state index contributed by atoms with van der Waals surface area (Å²) in [4.78, 5) is 11.6. The van der Waals surface area contributed by atoms with Gasteiger partial charge < -0.3 is 10.6 Å². The van der Waals surface area contributed by atoms with Gasteiger partial charge in [0, 0.05) is 21.5 Å². The van der Waals surface area contributed by atoms with E-state index in [0.29, 0.717) is 21.5 Å². The molecule has 1 unspecified atom stereocenters. The third-order valence-electron chi connectivity index (χ3n) is 2.39. The van der Waals surface area contributed by atoms with Crippen LogP contribution in [0.2, 0.25) is 10.0 Å². The molecular weight excluding hydrogens is 279 g/mol. The van der Waals surface area contributed by atoms with Crippen molar-refractivity contribution < 1.29 is 4.79 Å². The second-order valence-electron chi connectivity index (χ2n) is 3.58. The molecule has 1 rings (SSSR count). The molecule has 0 fully saturated rings. The maximum absolute atomic E-state index is 11.6. The van der Waals surface area contributed by atoms with Crippen molar-refractivity contribution in [3.8, 4) is 0 Å². The zero-order valence-corrected chi connectivity index (χ0v) is 12.0. The maximum atomic E-state index is 11.6. The second-order valence-corrected chi connectivity index (χ2v) is 4.71. The molecule has 1 aromatic carbocycles. The summed E-state index contributed by atoms with van der Waals surface area (Å²) in [7, 11) is 1.72. The van der Waals surface area contributed by atoms with Crippen LogP contribution in [-0.4, -0.2) is 19.0 Å². The molecule has 2 N–H and O–H groups in total. The topological polar surface area (TPSA) is 41.1 Å². The Bertz CT molecular complexity index is 403. The van der Waals surface area contributed by atoms with Crippen molar-refractivity contribution in [2.24, 2.45) is 0 Å². The standard InChI is InChI=1S/C11H14Cl2N2OS/c1-6(14-2)11(16)15-7-3-9(12)8(5-17)10(13)4-7/h3-4,6,14,17H,5H2,1-2H3,(H,15,16). The summed E-state index contributed by atoms with van der Waals surface area (Å²) in [5, 5.41) is 6.58. The van der Waals surface area contributed by atoms with Crippen molar-refractivity contribution in [3.63, 3.8) is 0 Å². The van der Waals surface area contributed by atoms with Crippen LogP contribution in [-0.2, 0) is 10.5 Å². The first kappa shape index (κ1) is 14.6. The first-order valence-corrected chi connectivity index (χ1v) is 6.45. The number of rotatable bonds is 4. The first-order valence-electron chi connectivity index (χ1n) is 5.06. The smallest absolute Gasteiger partial charge is 0.241 e. The molecule has 3 nitrogen and oxygen atoms in total. The highest BCUT2D eigenvalue weighted by Gasteiger charge is 2.12. The van der Waals surface area contributed by atoms with E-state index in [0.717, 1.165) is 5.56 Å². The Kier molecular flexibility index (Phi) is 5.59. The van der Waals surface area contributed by atoms with Gasteiger partial charge in [0.2, 0.25) is 5.91 Å². The van der Waals surface area contributed by atoms with E-state index in [-0.39, 0.29) is 11.9 Å². The van der Waals surface area contributed by atoms with Gasteiger partial charge in [-0.1, -0.05) is 23.2 Å². The Hall–Kier alpha value is -0.420. The second kappa shape index (κ2) is 6.50. The first-order chi connectivity index (χ1) is 7.99. The molecule has 0 aliphatic heterocycles. The number of carbonyl (C=O) groups is 1. The number of nitrogens with one attached hydrogen (secondary N) is 2. The van der Waals surface area contributed by atoms with Gasteiger partial charge in [-0.25, -0.2) is 0 Å². The van der Waals surface area contributed by atoms with Gasteiger partial charge in [0.25, 0.3) is 0 Å². The third kappa shape index (κ3) is 3.78. The highest BCUT2D eigenvalue weighted by atomic mass is 35.5. The van der Waals surface area contributed by atoms with Crippen LogP contribution in [0, 0.1) is 0 Å². The lowest BCUT2D eigenvalue weighted by molar-refractivity contribution is -0.117. The van der Waals surface area contributed by atoms with Gasteiger partial charge in [-0.2, -0.15) is 12.6 Å². The molecule has 17 heavy (non-hydrogen) atoms. The highest BCUT2D eigenvalue weighted by Crippen LogP contribution is 2.30. The monoisotopic (exact) mass is 292 g/mol. The predicted molar refractivity (Wildman–Crippen MR) is 76.3 cm³/mol. The van der Waals surface area contributed by atoms with Gasteiger partial charge in [-0.15, -0.1) is 0 Å². The minimum absolute atomic E-state index is 0.141. The predicted octanol–water partition coefficient (Wildman–Crippen LogP) is 2.97. The van der Waals surface area contributed by atoms with Crippen LogP contribution in [0.1, 0.15) is 12.5 Å². The number of amides is 1. The van der Waals surface area contributed by atoms with Crippen LogP contribution >= 0.6 is 35.8 Å². The number of hydrogen-bond acceptors (Lipinski definition) is 3. The fourth-order valence-electron chi connectivity index (χ4n) is 1.21. The minimum atomic E-state index is -0.280. The summed E-state index contributed by atoms with van der Waals surface area (Å²) < 4.78 is 0. The quantitative estimate of drug-likeness (QED) is 0.747. The molecule has 0 aliphatic rings. The average molecular weight is 293 g/mol. The highest BCUT2D eigenvalue weighted by molar-refractivity contribution is 7.79.